The van der Waals surface area contributed by atoms with Crippen LogP contribution in [0.15, 0.2) is 23.1 Å². The van der Waals surface area contributed by atoms with Gasteiger partial charge >= 0.3 is 0 Å². The molecule has 2 aliphatic heterocycles. The molecule has 1 aromatic carbocycles. The van der Waals surface area contributed by atoms with Gasteiger partial charge in [-0.05, 0) is 37.5 Å². The minimum atomic E-state index is -3.73. The van der Waals surface area contributed by atoms with Gasteiger partial charge in [0, 0.05) is 31.5 Å². The molecular formula is C19H22N4O5S. The van der Waals surface area contributed by atoms with Crippen LogP contribution in [0.5, 0.6) is 5.75 Å². The summed E-state index contributed by atoms with van der Waals surface area (Å²) in [5, 5.41) is 7.01. The van der Waals surface area contributed by atoms with E-state index in [1.54, 1.807) is 19.1 Å². The highest BCUT2D eigenvalue weighted by Crippen LogP contribution is 2.38. The third-order valence-corrected chi connectivity index (χ3v) is 7.18. The van der Waals surface area contributed by atoms with Crippen LogP contribution in [0.25, 0.3) is 11.1 Å². The number of methoxy groups -OCH3 is 1. The summed E-state index contributed by atoms with van der Waals surface area (Å²) in [4.78, 5) is 24.5. The fourth-order valence-corrected chi connectivity index (χ4v) is 5.49. The van der Waals surface area contributed by atoms with Crippen molar-refractivity contribution in [1.82, 2.24) is 14.1 Å². The average Bonchev–Trinajstić information content (AvgIpc) is 3.32. The zero-order valence-corrected chi connectivity index (χ0v) is 17.1. The average molecular weight is 418 g/mol. The lowest BCUT2D eigenvalue weighted by molar-refractivity contribution is -0.116. The second-order valence-corrected chi connectivity index (χ2v) is 9.05. The van der Waals surface area contributed by atoms with E-state index in [1.165, 1.54) is 22.2 Å². The number of anilines is 1. The van der Waals surface area contributed by atoms with E-state index in [2.05, 4.69) is 10.4 Å². The van der Waals surface area contributed by atoms with E-state index < -0.39 is 10.0 Å². The SMILES string of the molecule is COc1ccc(-c2c(C)nn3c2NC(=O)CCC3=O)cc1S(=O)(=O)N1CCCC1. The number of aromatic nitrogens is 2. The highest BCUT2D eigenvalue weighted by molar-refractivity contribution is 7.89. The zero-order valence-electron chi connectivity index (χ0n) is 16.3. The van der Waals surface area contributed by atoms with Crippen molar-refractivity contribution in [3.05, 3.63) is 23.9 Å². The number of amides is 1. The number of fused-ring (bicyclic) bond motifs is 1. The highest BCUT2D eigenvalue weighted by Gasteiger charge is 2.32. The van der Waals surface area contributed by atoms with Crippen LogP contribution in [0, 0.1) is 6.92 Å². The van der Waals surface area contributed by atoms with E-state index in [9.17, 15) is 18.0 Å². The van der Waals surface area contributed by atoms with Crippen molar-refractivity contribution >= 4 is 27.7 Å². The number of carbonyl (C=O) groups is 2. The van der Waals surface area contributed by atoms with Gasteiger partial charge in [0.1, 0.15) is 16.5 Å². The summed E-state index contributed by atoms with van der Waals surface area (Å²) in [6, 6.07) is 4.81. The first-order valence-corrected chi connectivity index (χ1v) is 10.9. The summed E-state index contributed by atoms with van der Waals surface area (Å²) in [6.45, 7) is 2.67. The minimum absolute atomic E-state index is 0.0602. The Balaban J connectivity index is 1.88. The van der Waals surface area contributed by atoms with Crippen molar-refractivity contribution in [3.8, 4) is 16.9 Å². The maximum atomic E-state index is 13.2. The van der Waals surface area contributed by atoms with E-state index in [1.807, 2.05) is 0 Å². The molecule has 1 saturated heterocycles. The van der Waals surface area contributed by atoms with Gasteiger partial charge in [0.05, 0.1) is 12.8 Å². The lowest BCUT2D eigenvalue weighted by Gasteiger charge is -2.18. The second kappa shape index (κ2) is 7.27. The fraction of sp³-hybridized carbons (Fsp3) is 0.421. The summed E-state index contributed by atoms with van der Waals surface area (Å²) in [7, 11) is -2.31. The Hall–Kier alpha value is -2.72. The molecule has 0 saturated carbocycles. The van der Waals surface area contributed by atoms with Crippen molar-refractivity contribution in [1.29, 1.82) is 0 Å². The van der Waals surface area contributed by atoms with Crippen LogP contribution < -0.4 is 10.1 Å². The smallest absolute Gasteiger partial charge is 0.249 e. The molecule has 9 nitrogen and oxygen atoms in total. The van der Waals surface area contributed by atoms with Gasteiger partial charge in [-0.3, -0.25) is 9.59 Å². The predicted octanol–water partition coefficient (Wildman–Crippen LogP) is 2.02. The van der Waals surface area contributed by atoms with Crippen molar-refractivity contribution in [2.75, 3.05) is 25.5 Å². The molecule has 2 aliphatic rings. The summed E-state index contributed by atoms with van der Waals surface area (Å²) >= 11 is 0. The molecular weight excluding hydrogens is 396 g/mol. The number of nitrogens with one attached hydrogen (secondary N) is 1. The topological polar surface area (TPSA) is 111 Å². The van der Waals surface area contributed by atoms with Crippen LogP contribution in [0.3, 0.4) is 0 Å². The standard InChI is InChI=1S/C19H22N4O5S/c1-12-18(19-20-16(24)7-8-17(25)23(19)21-12)13-5-6-14(28-2)15(11-13)29(26,27)22-9-3-4-10-22/h5-6,11H,3-4,7-10H2,1-2H3,(H,20,24). The van der Waals surface area contributed by atoms with Gasteiger partial charge in [-0.1, -0.05) is 6.07 Å². The van der Waals surface area contributed by atoms with E-state index in [4.69, 9.17) is 4.74 Å². The maximum absolute atomic E-state index is 13.2. The van der Waals surface area contributed by atoms with Crippen molar-refractivity contribution in [3.63, 3.8) is 0 Å². The third-order valence-electron chi connectivity index (χ3n) is 5.26. The largest absolute Gasteiger partial charge is 0.495 e. The quantitative estimate of drug-likeness (QED) is 0.813. The van der Waals surface area contributed by atoms with Crippen molar-refractivity contribution in [2.24, 2.45) is 0 Å². The molecule has 1 amide bonds. The molecule has 29 heavy (non-hydrogen) atoms. The number of nitrogens with zero attached hydrogens (tertiary/aromatic N) is 3. The maximum Gasteiger partial charge on any atom is 0.249 e. The van der Waals surface area contributed by atoms with Crippen LogP contribution in [0.2, 0.25) is 0 Å². The zero-order chi connectivity index (χ0) is 20.8. The van der Waals surface area contributed by atoms with Crippen LogP contribution in [-0.4, -0.2) is 54.5 Å². The van der Waals surface area contributed by atoms with Gasteiger partial charge in [0.2, 0.25) is 21.8 Å². The summed E-state index contributed by atoms with van der Waals surface area (Å²) in [6.07, 6.45) is 1.80. The molecule has 3 heterocycles. The van der Waals surface area contributed by atoms with Gasteiger partial charge in [0.15, 0.2) is 0 Å². The Bertz CT molecular complexity index is 1100. The highest BCUT2D eigenvalue weighted by atomic mass is 32.2. The normalized spacial score (nSPS) is 17.7. The first kappa shape index (κ1) is 19.6. The molecule has 0 unspecified atom stereocenters. The van der Waals surface area contributed by atoms with Crippen LogP contribution in [-0.2, 0) is 14.8 Å². The van der Waals surface area contributed by atoms with Gasteiger partial charge in [0.25, 0.3) is 0 Å². The molecule has 2 aromatic rings. The first-order valence-electron chi connectivity index (χ1n) is 9.44. The molecule has 0 atom stereocenters. The van der Waals surface area contributed by atoms with Gasteiger partial charge in [-0.25, -0.2) is 8.42 Å². The Kier molecular flexibility index (Phi) is 4.91. The van der Waals surface area contributed by atoms with Crippen LogP contribution in [0.4, 0.5) is 5.82 Å². The first-order chi connectivity index (χ1) is 13.8. The van der Waals surface area contributed by atoms with E-state index in [0.717, 1.165) is 12.8 Å². The molecule has 0 spiro atoms. The molecule has 154 valence electrons. The predicted molar refractivity (Wildman–Crippen MR) is 105 cm³/mol. The Morgan fingerprint density at radius 2 is 1.86 bits per heavy atom. The van der Waals surface area contributed by atoms with Crippen molar-refractivity contribution in [2.45, 2.75) is 37.5 Å². The lowest BCUT2D eigenvalue weighted by Crippen LogP contribution is -2.28. The molecule has 10 heteroatoms. The monoisotopic (exact) mass is 418 g/mol. The van der Waals surface area contributed by atoms with Gasteiger partial charge in [-0.2, -0.15) is 14.1 Å². The Labute approximate surface area is 168 Å². The number of benzene rings is 1. The second-order valence-electron chi connectivity index (χ2n) is 7.14. The molecule has 0 radical (unpaired) electrons. The van der Waals surface area contributed by atoms with E-state index in [-0.39, 0.29) is 41.1 Å². The number of carbonyl (C=O) groups excluding carboxylic acids is 2. The number of sulfonamides is 1. The lowest BCUT2D eigenvalue weighted by atomic mass is 10.1. The number of ether oxygens (including phenoxy) is 1. The van der Waals surface area contributed by atoms with E-state index >= 15 is 0 Å². The molecule has 1 fully saturated rings. The minimum Gasteiger partial charge on any atom is -0.495 e. The summed E-state index contributed by atoms with van der Waals surface area (Å²) in [5.41, 5.74) is 1.58. The summed E-state index contributed by atoms with van der Waals surface area (Å²) < 4.78 is 34.3. The van der Waals surface area contributed by atoms with E-state index in [0.29, 0.717) is 29.9 Å². The van der Waals surface area contributed by atoms with Crippen LogP contribution >= 0.6 is 0 Å². The molecule has 0 aliphatic carbocycles. The third kappa shape index (κ3) is 3.32. The molecule has 1 N–H and O–H groups in total. The molecule has 1 aromatic heterocycles. The Morgan fingerprint density at radius 3 is 2.55 bits per heavy atom. The number of rotatable bonds is 4. The fourth-order valence-electron chi connectivity index (χ4n) is 3.79. The van der Waals surface area contributed by atoms with Gasteiger partial charge < -0.3 is 10.1 Å². The number of hydrogen-bond donors (Lipinski definition) is 1. The van der Waals surface area contributed by atoms with Crippen molar-refractivity contribution < 1.29 is 22.7 Å². The van der Waals surface area contributed by atoms with Gasteiger partial charge in [-0.15, -0.1) is 0 Å². The summed E-state index contributed by atoms with van der Waals surface area (Å²) in [5.74, 6) is -0.0517. The molecule has 0 bridgehead atoms. The molecule has 4 rings (SSSR count). The Morgan fingerprint density at radius 1 is 1.14 bits per heavy atom. The van der Waals surface area contributed by atoms with Crippen LogP contribution in [0.1, 0.15) is 36.2 Å². The number of aryl methyl sites for hydroxylation is 1. The number of hydrogen-bond acceptors (Lipinski definition) is 6.